The molecule has 31 heavy (non-hydrogen) atoms. The number of ether oxygens (including phenoxy) is 2. The molecule has 1 N–H and O–H groups in total. The highest BCUT2D eigenvalue weighted by Crippen LogP contribution is 2.65. The average Bonchev–Trinajstić information content (AvgIpc) is 3.22. The maximum atomic E-state index is 13.9. The number of rotatable bonds is 8. The van der Waals surface area contributed by atoms with Crippen LogP contribution < -0.4 is 0 Å². The molecule has 7 atom stereocenters. The molecule has 3 fully saturated rings. The number of carbonyl (C=O) groups is 3. The van der Waals surface area contributed by atoms with Crippen molar-refractivity contribution in [3.63, 3.8) is 0 Å². The van der Waals surface area contributed by atoms with Crippen LogP contribution in [-0.4, -0.2) is 81.8 Å². The molecule has 3 saturated heterocycles. The summed E-state index contributed by atoms with van der Waals surface area (Å²) in [4.78, 5) is 43.8. The van der Waals surface area contributed by atoms with Crippen molar-refractivity contribution in [2.24, 2.45) is 17.8 Å². The van der Waals surface area contributed by atoms with Gasteiger partial charge in [-0.2, -0.15) is 0 Å². The highest BCUT2D eigenvalue weighted by molar-refractivity contribution is 5.98. The van der Waals surface area contributed by atoms with Crippen LogP contribution >= 0.6 is 0 Å². The Morgan fingerprint density at radius 2 is 2.06 bits per heavy atom. The van der Waals surface area contributed by atoms with Gasteiger partial charge in [0.15, 0.2) is 0 Å². The third kappa shape index (κ3) is 3.21. The molecule has 0 aliphatic carbocycles. The van der Waals surface area contributed by atoms with E-state index in [-0.39, 0.29) is 37.0 Å². The normalized spacial score (nSPS) is 37.2. The number of nitrogens with zero attached hydrogens (tertiary/aromatic N) is 2. The van der Waals surface area contributed by atoms with E-state index in [9.17, 15) is 19.5 Å². The lowest BCUT2D eigenvalue weighted by atomic mass is 9.62. The van der Waals surface area contributed by atoms with E-state index in [1.54, 1.807) is 24.8 Å². The summed E-state index contributed by atoms with van der Waals surface area (Å²) in [6.07, 6.45) is 2.14. The van der Waals surface area contributed by atoms with Crippen LogP contribution in [0.4, 0.5) is 0 Å². The van der Waals surface area contributed by atoms with Crippen LogP contribution in [0.5, 0.6) is 0 Å². The molecule has 3 rings (SSSR count). The molecule has 3 unspecified atom stereocenters. The molecule has 3 heterocycles. The number of carbonyl (C=O) groups excluding carboxylic acids is 3. The molecule has 0 radical (unpaired) electrons. The summed E-state index contributed by atoms with van der Waals surface area (Å²) in [5.74, 6) is -2.68. The second-order valence-electron chi connectivity index (χ2n) is 9.61. The van der Waals surface area contributed by atoms with Crippen LogP contribution in [0.3, 0.4) is 0 Å². The number of hydrogen-bond donors (Lipinski definition) is 1. The van der Waals surface area contributed by atoms with Gasteiger partial charge in [0, 0.05) is 12.6 Å². The minimum atomic E-state index is -1.13. The van der Waals surface area contributed by atoms with E-state index >= 15 is 0 Å². The predicted octanol–water partition coefficient (Wildman–Crippen LogP) is 1.36. The molecule has 0 aromatic heterocycles. The van der Waals surface area contributed by atoms with Gasteiger partial charge in [0.1, 0.15) is 17.6 Å². The van der Waals surface area contributed by atoms with Crippen LogP contribution in [0, 0.1) is 17.8 Å². The minimum Gasteiger partial charge on any atom is -0.466 e. The first kappa shape index (κ1) is 23.7. The van der Waals surface area contributed by atoms with Gasteiger partial charge in [0.2, 0.25) is 11.8 Å². The summed E-state index contributed by atoms with van der Waals surface area (Å²) in [5, 5.41) is 9.89. The molecule has 3 aliphatic heterocycles. The summed E-state index contributed by atoms with van der Waals surface area (Å²) in [7, 11) is 0. The molecule has 0 aromatic rings. The first-order valence-electron chi connectivity index (χ1n) is 11.2. The van der Waals surface area contributed by atoms with Crippen LogP contribution in [0.2, 0.25) is 0 Å². The van der Waals surface area contributed by atoms with Crippen molar-refractivity contribution < 1.29 is 29.0 Å². The zero-order valence-corrected chi connectivity index (χ0v) is 19.5. The second-order valence-corrected chi connectivity index (χ2v) is 9.61. The van der Waals surface area contributed by atoms with Gasteiger partial charge in [-0.05, 0) is 47.0 Å². The third-order valence-corrected chi connectivity index (χ3v) is 7.50. The summed E-state index contributed by atoms with van der Waals surface area (Å²) in [6, 6.07) is -1.62. The van der Waals surface area contributed by atoms with Crippen molar-refractivity contribution in [3.05, 3.63) is 12.7 Å². The summed E-state index contributed by atoms with van der Waals surface area (Å²) in [5.41, 5.74) is -2.02. The summed E-state index contributed by atoms with van der Waals surface area (Å²) < 4.78 is 11.9. The molecule has 0 saturated carbocycles. The fraction of sp³-hybridized carbons (Fsp3) is 0.783. The summed E-state index contributed by atoms with van der Waals surface area (Å²) in [6.45, 7) is 15.1. The van der Waals surface area contributed by atoms with E-state index in [4.69, 9.17) is 9.47 Å². The molecule has 8 heteroatoms. The Hall–Kier alpha value is -1.93. The van der Waals surface area contributed by atoms with Gasteiger partial charge in [-0.15, -0.1) is 6.58 Å². The number of fused-ring (bicyclic) bond motifs is 1. The number of aliphatic hydroxyl groups is 1. The van der Waals surface area contributed by atoms with Gasteiger partial charge in [0.25, 0.3) is 0 Å². The lowest BCUT2D eigenvalue weighted by Crippen LogP contribution is -2.59. The van der Waals surface area contributed by atoms with Crippen LogP contribution in [-0.2, 0) is 23.9 Å². The maximum Gasteiger partial charge on any atom is 0.312 e. The van der Waals surface area contributed by atoms with Crippen molar-refractivity contribution in [1.82, 2.24) is 9.80 Å². The van der Waals surface area contributed by atoms with Crippen molar-refractivity contribution in [3.8, 4) is 0 Å². The Morgan fingerprint density at radius 3 is 2.58 bits per heavy atom. The molecule has 8 nitrogen and oxygen atoms in total. The molecule has 2 amide bonds. The van der Waals surface area contributed by atoms with Crippen molar-refractivity contribution in [2.45, 2.75) is 77.3 Å². The largest absolute Gasteiger partial charge is 0.466 e. The third-order valence-electron chi connectivity index (χ3n) is 7.50. The molecule has 2 bridgehead atoms. The number of hydrogen-bond acceptors (Lipinski definition) is 6. The molecule has 1 spiro atoms. The van der Waals surface area contributed by atoms with E-state index in [1.807, 2.05) is 27.7 Å². The second kappa shape index (κ2) is 8.20. The topological polar surface area (TPSA) is 96.4 Å². The number of aliphatic hydroxyl groups excluding tert-OH is 1. The zero-order valence-electron chi connectivity index (χ0n) is 19.5. The Bertz CT molecular complexity index is 769. The van der Waals surface area contributed by atoms with Crippen LogP contribution in [0.25, 0.3) is 0 Å². The van der Waals surface area contributed by atoms with Gasteiger partial charge in [-0.25, -0.2) is 0 Å². The van der Waals surface area contributed by atoms with Crippen molar-refractivity contribution >= 4 is 17.8 Å². The highest BCUT2D eigenvalue weighted by atomic mass is 16.6. The molecule has 174 valence electrons. The minimum absolute atomic E-state index is 0.0439. The molecular weight excluding hydrogens is 400 g/mol. The number of likely N-dealkylation sites (tertiary alicyclic amines) is 1. The van der Waals surface area contributed by atoms with Gasteiger partial charge in [-0.3, -0.25) is 14.4 Å². The SMILES string of the molecule is C=CCN(C(=O)C1N([C@H](C)CO)C(=O)[C@@H]2[C@H](C(=O)OCC)[C@@]3(C)OC12CC3C)C(C)C. The van der Waals surface area contributed by atoms with E-state index in [2.05, 4.69) is 6.58 Å². The standard InChI is InChI=1S/C23H36N2O6/c1-8-10-24(13(3)4)20(28)18-23-11-14(5)22(7,31-23)17(21(29)30-9-2)16(23)19(27)25(18)15(6)12-26/h8,13-18,26H,1,9-12H2,2-7H3/t14?,15-,16+,17-,18?,22+,23?/m1/s1. The van der Waals surface area contributed by atoms with Crippen molar-refractivity contribution in [1.29, 1.82) is 0 Å². The van der Waals surface area contributed by atoms with Gasteiger partial charge in [0.05, 0.1) is 30.8 Å². The van der Waals surface area contributed by atoms with Crippen LogP contribution in [0.15, 0.2) is 12.7 Å². The molecule has 0 aromatic carbocycles. The summed E-state index contributed by atoms with van der Waals surface area (Å²) >= 11 is 0. The number of amides is 2. The molecular formula is C23H36N2O6. The Morgan fingerprint density at radius 1 is 1.42 bits per heavy atom. The maximum absolute atomic E-state index is 13.9. The lowest BCUT2D eigenvalue weighted by molar-refractivity contribution is -0.163. The Labute approximate surface area is 184 Å². The van der Waals surface area contributed by atoms with Crippen molar-refractivity contribution in [2.75, 3.05) is 19.8 Å². The first-order chi connectivity index (χ1) is 14.5. The number of esters is 1. The zero-order chi connectivity index (χ0) is 23.3. The highest BCUT2D eigenvalue weighted by Gasteiger charge is 2.80. The van der Waals surface area contributed by atoms with Crippen LogP contribution in [0.1, 0.15) is 48.0 Å². The van der Waals surface area contributed by atoms with Gasteiger partial charge >= 0.3 is 5.97 Å². The van der Waals surface area contributed by atoms with E-state index in [0.29, 0.717) is 13.0 Å². The first-order valence-corrected chi connectivity index (χ1v) is 11.2. The average molecular weight is 437 g/mol. The Kier molecular flexibility index (Phi) is 6.28. The van der Waals surface area contributed by atoms with E-state index < -0.39 is 41.1 Å². The smallest absolute Gasteiger partial charge is 0.312 e. The lowest BCUT2D eigenvalue weighted by Gasteiger charge is -2.39. The van der Waals surface area contributed by atoms with E-state index in [1.165, 1.54) is 4.90 Å². The van der Waals surface area contributed by atoms with Gasteiger partial charge in [-0.1, -0.05) is 13.0 Å². The monoisotopic (exact) mass is 436 g/mol. The van der Waals surface area contributed by atoms with E-state index in [0.717, 1.165) is 0 Å². The Balaban J connectivity index is 2.16. The fourth-order valence-electron chi connectivity index (χ4n) is 5.96. The quantitative estimate of drug-likeness (QED) is 0.456. The van der Waals surface area contributed by atoms with Gasteiger partial charge < -0.3 is 24.4 Å². The fourth-order valence-corrected chi connectivity index (χ4v) is 5.96. The molecule has 3 aliphatic rings. The predicted molar refractivity (Wildman–Crippen MR) is 114 cm³/mol.